The number of pyridine rings is 1. The molecule has 7 heteroatoms. The third-order valence-electron chi connectivity index (χ3n) is 3.01. The minimum Gasteiger partial charge on any atom is -0.352 e. The molecule has 0 atom stereocenters. The number of sulfone groups is 1. The molecule has 2 aromatic rings. The largest absolute Gasteiger partial charge is 0.352 e. The van der Waals surface area contributed by atoms with Crippen LogP contribution in [0.1, 0.15) is 12.0 Å². The van der Waals surface area contributed by atoms with Gasteiger partial charge in [-0.05, 0) is 17.5 Å². The summed E-state index contributed by atoms with van der Waals surface area (Å²) in [7, 11) is -3.17. The van der Waals surface area contributed by atoms with E-state index in [9.17, 15) is 18.0 Å². The fourth-order valence-corrected chi connectivity index (χ4v) is 2.44. The van der Waals surface area contributed by atoms with Crippen molar-refractivity contribution in [2.24, 2.45) is 0 Å². The number of carbonyl (C=O) groups is 1. The Balaban J connectivity index is 2.05. The number of aromatic amines is 1. The van der Waals surface area contributed by atoms with E-state index in [1.807, 2.05) is 18.2 Å². The van der Waals surface area contributed by atoms with Crippen LogP contribution in [0, 0.1) is 0 Å². The van der Waals surface area contributed by atoms with Crippen LogP contribution in [0.4, 0.5) is 0 Å². The molecule has 0 aliphatic carbocycles. The lowest BCUT2D eigenvalue weighted by Crippen LogP contribution is -2.28. The van der Waals surface area contributed by atoms with Crippen LogP contribution in [0.3, 0.4) is 0 Å². The number of para-hydroxylation sites is 1. The summed E-state index contributed by atoms with van der Waals surface area (Å²) in [4.78, 5) is 26.1. The number of fused-ring (bicyclic) bond motifs is 1. The number of hydrogen-bond acceptors (Lipinski definition) is 4. The Morgan fingerprint density at radius 3 is 2.71 bits per heavy atom. The van der Waals surface area contributed by atoms with Crippen LogP contribution in [-0.4, -0.2) is 31.3 Å². The van der Waals surface area contributed by atoms with E-state index in [0.717, 1.165) is 17.2 Å². The van der Waals surface area contributed by atoms with Gasteiger partial charge in [0.25, 0.3) is 5.56 Å². The average molecular weight is 308 g/mol. The number of amides is 1. The van der Waals surface area contributed by atoms with Crippen molar-refractivity contribution in [1.29, 1.82) is 0 Å². The van der Waals surface area contributed by atoms with Crippen molar-refractivity contribution in [3.63, 3.8) is 0 Å². The molecule has 0 fully saturated rings. The second-order valence-corrected chi connectivity index (χ2v) is 7.13. The molecule has 2 N–H and O–H groups in total. The summed E-state index contributed by atoms with van der Waals surface area (Å²) in [5.74, 6) is -0.597. The topological polar surface area (TPSA) is 96.1 Å². The third-order valence-corrected chi connectivity index (χ3v) is 3.95. The summed E-state index contributed by atoms with van der Waals surface area (Å²) in [5, 5.41) is 3.43. The molecule has 1 aromatic carbocycles. The predicted octanol–water partition coefficient (Wildman–Crippen LogP) is 0.579. The van der Waals surface area contributed by atoms with Crippen LogP contribution in [0.15, 0.2) is 35.1 Å². The number of H-pyrrole nitrogens is 1. The van der Waals surface area contributed by atoms with E-state index in [4.69, 9.17) is 0 Å². The Morgan fingerprint density at radius 2 is 2.00 bits per heavy atom. The monoisotopic (exact) mass is 308 g/mol. The van der Waals surface area contributed by atoms with Crippen LogP contribution in [0.25, 0.3) is 10.9 Å². The minimum atomic E-state index is -3.17. The molecule has 0 saturated heterocycles. The second-order valence-electron chi connectivity index (χ2n) is 4.87. The lowest BCUT2D eigenvalue weighted by atomic mass is 10.1. The van der Waals surface area contributed by atoms with Gasteiger partial charge in [-0.2, -0.15) is 0 Å². The zero-order chi connectivity index (χ0) is 15.5. The second kappa shape index (κ2) is 6.09. The van der Waals surface area contributed by atoms with Crippen molar-refractivity contribution in [3.8, 4) is 0 Å². The maximum atomic E-state index is 11.9. The molecule has 0 bridgehead atoms. The van der Waals surface area contributed by atoms with Crippen LogP contribution >= 0.6 is 0 Å². The van der Waals surface area contributed by atoms with Gasteiger partial charge in [-0.25, -0.2) is 8.42 Å². The molecular weight excluding hydrogens is 292 g/mol. The SMILES string of the molecule is CS(=O)(=O)CCC(=O)NCc1cc2ccccc2[nH]c1=O. The van der Waals surface area contributed by atoms with Crippen molar-refractivity contribution in [3.05, 3.63) is 46.2 Å². The molecule has 0 spiro atoms. The van der Waals surface area contributed by atoms with Gasteiger partial charge < -0.3 is 10.3 Å². The fourth-order valence-electron chi connectivity index (χ4n) is 1.88. The summed E-state index contributed by atoms with van der Waals surface area (Å²) < 4.78 is 22.0. The van der Waals surface area contributed by atoms with Gasteiger partial charge in [0.15, 0.2) is 0 Å². The highest BCUT2D eigenvalue weighted by molar-refractivity contribution is 7.90. The van der Waals surface area contributed by atoms with Crippen LogP contribution < -0.4 is 10.9 Å². The standard InChI is InChI=1S/C14H16N2O4S/c1-21(19,20)7-6-13(17)15-9-11-8-10-4-2-3-5-12(10)16-14(11)18/h2-5,8H,6-7,9H2,1H3,(H,15,17)(H,16,18). The van der Waals surface area contributed by atoms with Gasteiger partial charge in [-0.3, -0.25) is 9.59 Å². The molecule has 1 heterocycles. The van der Waals surface area contributed by atoms with Gasteiger partial charge in [0.05, 0.1) is 5.75 Å². The maximum absolute atomic E-state index is 11.9. The van der Waals surface area contributed by atoms with Crippen molar-refractivity contribution in [2.75, 3.05) is 12.0 Å². The number of rotatable bonds is 5. The number of nitrogens with one attached hydrogen (secondary N) is 2. The summed E-state index contributed by atoms with van der Waals surface area (Å²) in [6.07, 6.45) is 0.971. The highest BCUT2D eigenvalue weighted by Gasteiger charge is 2.09. The van der Waals surface area contributed by atoms with Crippen molar-refractivity contribution >= 4 is 26.6 Å². The van der Waals surface area contributed by atoms with Gasteiger partial charge in [-0.1, -0.05) is 18.2 Å². The molecule has 0 unspecified atom stereocenters. The van der Waals surface area contributed by atoms with Crippen LogP contribution in [0.2, 0.25) is 0 Å². The van der Waals surface area contributed by atoms with E-state index < -0.39 is 15.7 Å². The summed E-state index contributed by atoms with van der Waals surface area (Å²) in [6, 6.07) is 9.05. The summed E-state index contributed by atoms with van der Waals surface area (Å²) in [6.45, 7) is 0.0722. The Bertz CT molecular complexity index is 824. The Labute approximate surface area is 122 Å². The van der Waals surface area contributed by atoms with Gasteiger partial charge in [-0.15, -0.1) is 0 Å². The highest BCUT2D eigenvalue weighted by Crippen LogP contribution is 2.09. The molecule has 112 valence electrons. The molecule has 0 aliphatic rings. The molecule has 21 heavy (non-hydrogen) atoms. The first-order chi connectivity index (χ1) is 9.85. The van der Waals surface area contributed by atoms with Crippen LogP contribution in [0.5, 0.6) is 0 Å². The molecule has 0 aliphatic heterocycles. The molecular formula is C14H16N2O4S. The quantitative estimate of drug-likeness (QED) is 0.844. The first-order valence-corrected chi connectivity index (χ1v) is 8.46. The zero-order valence-corrected chi connectivity index (χ0v) is 12.4. The van der Waals surface area contributed by atoms with Gasteiger partial charge >= 0.3 is 0 Å². The number of aromatic nitrogens is 1. The van der Waals surface area contributed by atoms with Gasteiger partial charge in [0.1, 0.15) is 9.84 Å². The number of benzene rings is 1. The first kappa shape index (κ1) is 15.2. The Hall–Kier alpha value is -2.15. The minimum absolute atomic E-state index is 0.0722. The molecule has 0 saturated carbocycles. The van der Waals surface area contributed by atoms with Gasteiger partial charge in [0.2, 0.25) is 5.91 Å². The van der Waals surface area contributed by atoms with Crippen molar-refractivity contribution in [2.45, 2.75) is 13.0 Å². The first-order valence-electron chi connectivity index (χ1n) is 6.40. The maximum Gasteiger partial charge on any atom is 0.253 e. The predicted molar refractivity (Wildman–Crippen MR) is 80.7 cm³/mol. The van der Waals surface area contributed by atoms with E-state index in [-0.39, 0.29) is 24.3 Å². The van der Waals surface area contributed by atoms with Crippen molar-refractivity contribution in [1.82, 2.24) is 10.3 Å². The molecule has 6 nitrogen and oxygen atoms in total. The van der Waals surface area contributed by atoms with Gasteiger partial charge in [0, 0.05) is 30.3 Å². The zero-order valence-electron chi connectivity index (χ0n) is 11.5. The summed E-state index contributed by atoms with van der Waals surface area (Å²) >= 11 is 0. The molecule has 1 amide bonds. The van der Waals surface area contributed by atoms with E-state index in [1.54, 1.807) is 12.1 Å². The number of hydrogen-bond donors (Lipinski definition) is 2. The average Bonchev–Trinajstić information content (AvgIpc) is 2.42. The van der Waals surface area contributed by atoms with E-state index in [0.29, 0.717) is 5.56 Å². The van der Waals surface area contributed by atoms with E-state index >= 15 is 0 Å². The molecule has 2 rings (SSSR count). The Kier molecular flexibility index (Phi) is 4.42. The van der Waals surface area contributed by atoms with E-state index in [1.165, 1.54) is 0 Å². The fraction of sp³-hybridized carbons (Fsp3) is 0.286. The lowest BCUT2D eigenvalue weighted by molar-refractivity contribution is -0.120. The van der Waals surface area contributed by atoms with Crippen LogP contribution in [-0.2, 0) is 21.2 Å². The molecule has 0 radical (unpaired) electrons. The lowest BCUT2D eigenvalue weighted by Gasteiger charge is -2.06. The number of carbonyl (C=O) groups excluding carboxylic acids is 1. The Morgan fingerprint density at radius 1 is 1.29 bits per heavy atom. The highest BCUT2D eigenvalue weighted by atomic mass is 32.2. The van der Waals surface area contributed by atoms with E-state index in [2.05, 4.69) is 10.3 Å². The normalized spacial score (nSPS) is 11.5. The third kappa shape index (κ3) is 4.42. The van der Waals surface area contributed by atoms with Crippen molar-refractivity contribution < 1.29 is 13.2 Å². The summed E-state index contributed by atoms with van der Waals surface area (Å²) in [5.41, 5.74) is 0.896. The smallest absolute Gasteiger partial charge is 0.253 e. The molecule has 1 aromatic heterocycles.